The first kappa shape index (κ1) is 29.8. The number of hydrogen-bond donors (Lipinski definition) is 0. The van der Waals surface area contributed by atoms with E-state index in [1.165, 1.54) is 0 Å². The lowest BCUT2D eigenvalue weighted by Gasteiger charge is -2.21. The largest absolute Gasteiger partial charge is 0.491 e. The molecule has 0 saturated carbocycles. The van der Waals surface area contributed by atoms with Crippen LogP contribution in [0.4, 0.5) is 57.1 Å². The first-order valence-electron chi connectivity index (χ1n) is 11.4. The lowest BCUT2D eigenvalue weighted by atomic mass is 9.84. The Morgan fingerprint density at radius 1 is 0.372 bits per heavy atom. The molecule has 5 rings (SSSR count). The van der Waals surface area contributed by atoms with Crippen molar-refractivity contribution in [3.05, 3.63) is 93.8 Å². The van der Waals surface area contributed by atoms with E-state index < -0.39 is 131 Å². The van der Waals surface area contributed by atoms with E-state index in [-0.39, 0.29) is 0 Å². The lowest BCUT2D eigenvalue weighted by Crippen LogP contribution is -2.09. The molecule has 0 heterocycles. The van der Waals surface area contributed by atoms with Crippen LogP contribution in [0.25, 0.3) is 43.8 Å². The Hall–Kier alpha value is -4.69. The maximum atomic E-state index is 15.5. The molecule has 0 unspecified atom stereocenters. The summed E-state index contributed by atoms with van der Waals surface area (Å²) in [5.74, 6) is -34.4. The number of halogens is 13. The van der Waals surface area contributed by atoms with Crippen LogP contribution in [0.1, 0.15) is 0 Å². The fourth-order valence-electron chi connectivity index (χ4n) is 4.88. The number of fused-ring (bicyclic) bond motifs is 2. The molecule has 15 heteroatoms. The highest BCUT2D eigenvalue weighted by Crippen LogP contribution is 2.51. The van der Waals surface area contributed by atoms with Gasteiger partial charge in [-0.25, -0.2) is 39.5 Å². The summed E-state index contributed by atoms with van der Waals surface area (Å²) < 4.78 is 204. The molecule has 0 fully saturated rings. The first-order chi connectivity index (χ1) is 20.2. The Kier molecular flexibility index (Phi) is 7.09. The van der Waals surface area contributed by atoms with Gasteiger partial charge in [0, 0.05) is 27.3 Å². The molecule has 0 aliphatic heterocycles. The zero-order valence-corrected chi connectivity index (χ0v) is 21.0. The average Bonchev–Trinajstić information content (AvgIpc) is 2.98. The molecule has 5 aromatic rings. The monoisotopic (exact) mass is 624 g/mol. The highest BCUT2D eigenvalue weighted by Gasteiger charge is 2.37. The van der Waals surface area contributed by atoms with Gasteiger partial charge in [0.05, 0.1) is 25.3 Å². The van der Waals surface area contributed by atoms with E-state index in [0.717, 1.165) is 0 Å². The van der Waals surface area contributed by atoms with Gasteiger partial charge < -0.3 is 9.47 Å². The van der Waals surface area contributed by atoms with Crippen LogP contribution in [-0.2, 0) is 0 Å². The molecule has 2 nitrogen and oxygen atoms in total. The van der Waals surface area contributed by atoms with Crippen LogP contribution in [0.5, 0.6) is 11.5 Å². The van der Waals surface area contributed by atoms with Gasteiger partial charge in [-0.05, 0) is 11.5 Å². The van der Waals surface area contributed by atoms with Crippen molar-refractivity contribution in [1.29, 1.82) is 0 Å². The molecule has 0 aromatic heterocycles. The molecule has 0 amide bonds. The SMILES string of the molecule is COc1c(F)c(F)c(-c2c3cccc(F)c3c(-c3c(F)c(F)c(OC)c(F)c3F)c3c(F)c(F)c(F)c(F)c23)c(F)c1F. The standard InChI is InChI=1S/C28H9F13O2/c1-42-27-23(38)17(32)13(18(33)24(27)39)9-6-4-3-5-7(29)8(6)10(12-11(9)15(30)21(36)22(37)16(12)31)14-19(34)25(40)28(43-2)26(41)20(14)35/h3-5H,1-2H3. The zero-order valence-electron chi connectivity index (χ0n) is 21.0. The van der Waals surface area contributed by atoms with Gasteiger partial charge in [-0.3, -0.25) is 0 Å². The molecule has 0 saturated heterocycles. The minimum atomic E-state index is -2.73. The highest BCUT2D eigenvalue weighted by molar-refractivity contribution is 6.22. The number of benzene rings is 5. The van der Waals surface area contributed by atoms with Crippen LogP contribution in [0, 0.1) is 75.6 Å². The van der Waals surface area contributed by atoms with Crippen molar-refractivity contribution in [2.45, 2.75) is 0 Å². The third-order valence-corrected chi connectivity index (χ3v) is 6.65. The molecule has 0 spiro atoms. The fraction of sp³-hybridized carbons (Fsp3) is 0.0714. The van der Waals surface area contributed by atoms with Crippen molar-refractivity contribution in [3.8, 4) is 33.8 Å². The molecular weight excluding hydrogens is 615 g/mol. The van der Waals surface area contributed by atoms with Gasteiger partial charge in [0.25, 0.3) is 0 Å². The Morgan fingerprint density at radius 2 is 0.744 bits per heavy atom. The van der Waals surface area contributed by atoms with Crippen LogP contribution < -0.4 is 9.47 Å². The first-order valence-corrected chi connectivity index (χ1v) is 11.4. The average molecular weight is 624 g/mol. The van der Waals surface area contributed by atoms with E-state index in [2.05, 4.69) is 9.47 Å². The molecule has 0 aliphatic carbocycles. The van der Waals surface area contributed by atoms with Crippen molar-refractivity contribution < 1.29 is 66.5 Å². The van der Waals surface area contributed by atoms with Gasteiger partial charge in [-0.2, -0.15) is 17.6 Å². The Morgan fingerprint density at radius 3 is 1.14 bits per heavy atom. The minimum Gasteiger partial charge on any atom is -0.491 e. The second-order valence-electron chi connectivity index (χ2n) is 8.75. The van der Waals surface area contributed by atoms with Crippen LogP contribution in [0.2, 0.25) is 0 Å². The molecule has 43 heavy (non-hydrogen) atoms. The van der Waals surface area contributed by atoms with Crippen LogP contribution in [0.3, 0.4) is 0 Å². The Balaban J connectivity index is 2.23. The van der Waals surface area contributed by atoms with E-state index in [0.29, 0.717) is 32.4 Å². The van der Waals surface area contributed by atoms with Gasteiger partial charge in [0.2, 0.25) is 23.3 Å². The Bertz CT molecular complexity index is 1980. The van der Waals surface area contributed by atoms with Crippen molar-refractivity contribution >= 4 is 21.5 Å². The van der Waals surface area contributed by atoms with Crippen LogP contribution >= 0.6 is 0 Å². The zero-order chi connectivity index (χ0) is 31.8. The summed E-state index contributed by atoms with van der Waals surface area (Å²) in [4.78, 5) is 0. The summed E-state index contributed by atoms with van der Waals surface area (Å²) in [6.07, 6.45) is 0. The third-order valence-electron chi connectivity index (χ3n) is 6.65. The smallest absolute Gasteiger partial charge is 0.204 e. The maximum Gasteiger partial charge on any atom is 0.204 e. The Labute approximate surface area is 230 Å². The summed E-state index contributed by atoms with van der Waals surface area (Å²) in [7, 11) is 1.18. The number of ether oxygens (including phenoxy) is 2. The number of rotatable bonds is 4. The van der Waals surface area contributed by atoms with Crippen molar-refractivity contribution in [2.24, 2.45) is 0 Å². The molecule has 0 N–H and O–H groups in total. The summed E-state index contributed by atoms with van der Waals surface area (Å²) in [5.41, 5.74) is -7.23. The van der Waals surface area contributed by atoms with E-state index in [9.17, 15) is 26.3 Å². The van der Waals surface area contributed by atoms with Crippen molar-refractivity contribution in [1.82, 2.24) is 0 Å². The number of methoxy groups -OCH3 is 2. The second-order valence-corrected chi connectivity index (χ2v) is 8.75. The van der Waals surface area contributed by atoms with E-state index in [4.69, 9.17) is 0 Å². The second kappa shape index (κ2) is 10.2. The maximum absolute atomic E-state index is 15.5. The topological polar surface area (TPSA) is 18.5 Å². The quantitative estimate of drug-likeness (QED) is 0.0860. The molecule has 0 bridgehead atoms. The third kappa shape index (κ3) is 3.89. The molecule has 0 radical (unpaired) electrons. The van der Waals surface area contributed by atoms with E-state index >= 15 is 30.7 Å². The minimum absolute atomic E-state index is 0.462. The molecule has 224 valence electrons. The predicted octanol–water partition coefficient (Wildman–Crippen LogP) is 9.15. The predicted molar refractivity (Wildman–Crippen MR) is 125 cm³/mol. The summed E-state index contributed by atoms with van der Waals surface area (Å²) in [6.45, 7) is 0. The molecule has 5 aromatic carbocycles. The van der Waals surface area contributed by atoms with E-state index in [1.807, 2.05) is 0 Å². The van der Waals surface area contributed by atoms with E-state index in [1.54, 1.807) is 0 Å². The molecule has 0 atom stereocenters. The van der Waals surface area contributed by atoms with Gasteiger partial charge in [0.1, 0.15) is 5.82 Å². The number of hydrogen-bond acceptors (Lipinski definition) is 2. The summed E-state index contributed by atoms with van der Waals surface area (Å²) in [6, 6.07) is 1.77. The van der Waals surface area contributed by atoms with Gasteiger partial charge in [-0.1, -0.05) is 12.1 Å². The van der Waals surface area contributed by atoms with Crippen molar-refractivity contribution in [3.63, 3.8) is 0 Å². The lowest BCUT2D eigenvalue weighted by molar-refractivity contribution is 0.334. The summed E-state index contributed by atoms with van der Waals surface area (Å²) in [5, 5.41) is -6.32. The van der Waals surface area contributed by atoms with Crippen LogP contribution in [-0.4, -0.2) is 14.2 Å². The highest BCUT2D eigenvalue weighted by atomic mass is 19.2. The fourth-order valence-corrected chi connectivity index (χ4v) is 4.88. The summed E-state index contributed by atoms with van der Waals surface area (Å²) >= 11 is 0. The van der Waals surface area contributed by atoms with Crippen molar-refractivity contribution in [2.75, 3.05) is 14.2 Å². The van der Waals surface area contributed by atoms with Gasteiger partial charge >= 0.3 is 0 Å². The molecule has 0 aliphatic rings. The van der Waals surface area contributed by atoms with Gasteiger partial charge in [-0.15, -0.1) is 0 Å². The molecular formula is C28H9F13O2. The van der Waals surface area contributed by atoms with Crippen LogP contribution in [0.15, 0.2) is 18.2 Å². The van der Waals surface area contributed by atoms with Gasteiger partial charge in [0.15, 0.2) is 58.0 Å². The normalized spacial score (nSPS) is 11.6.